The fourth-order valence-electron chi connectivity index (χ4n) is 1.21. The van der Waals surface area contributed by atoms with Crippen LogP contribution in [0, 0.1) is 0 Å². The molecule has 0 radical (unpaired) electrons. The van der Waals surface area contributed by atoms with E-state index in [4.69, 9.17) is 0 Å². The molecule has 0 spiro atoms. The molecule has 0 saturated carbocycles. The van der Waals surface area contributed by atoms with Crippen LogP contribution in [-0.2, 0) is 10.9 Å². The van der Waals surface area contributed by atoms with Crippen LogP contribution in [0.5, 0.6) is 0 Å². The van der Waals surface area contributed by atoms with E-state index in [1.165, 1.54) is 4.90 Å². The van der Waals surface area contributed by atoms with Crippen molar-refractivity contribution in [2.45, 2.75) is 6.18 Å². The second-order valence-electron chi connectivity index (χ2n) is 2.94. The summed E-state index contributed by atoms with van der Waals surface area (Å²) < 4.78 is 41.4. The van der Waals surface area contributed by atoms with Crippen molar-refractivity contribution < 1.29 is 22.7 Å². The average Bonchev–Trinajstić information content (AvgIpc) is 2.69. The molecule has 0 unspecified atom stereocenters. The van der Waals surface area contributed by atoms with Gasteiger partial charge in [-0.25, -0.2) is 4.79 Å². The number of thiophene rings is 1. The second kappa shape index (κ2) is 3.41. The Balaban J connectivity index is 2.24. The lowest BCUT2D eigenvalue weighted by atomic mass is 10.3. The summed E-state index contributed by atoms with van der Waals surface area (Å²) in [6.45, 7) is 0.523. The molecule has 1 aliphatic heterocycles. The van der Waals surface area contributed by atoms with Crippen LogP contribution in [0.1, 0.15) is 5.56 Å². The number of cyclic esters (lactones) is 1. The third kappa shape index (κ3) is 1.92. The third-order valence-electron chi connectivity index (χ3n) is 1.94. The normalized spacial score (nSPS) is 17.0. The summed E-state index contributed by atoms with van der Waals surface area (Å²) in [7, 11) is 0. The number of halogens is 3. The Hall–Kier alpha value is -1.24. The summed E-state index contributed by atoms with van der Waals surface area (Å²) in [5.41, 5.74) is -0.734. The fraction of sp³-hybridized carbons (Fsp3) is 0.375. The van der Waals surface area contributed by atoms with Gasteiger partial charge in [-0.2, -0.15) is 13.2 Å². The van der Waals surface area contributed by atoms with Crippen LogP contribution in [0.4, 0.5) is 23.0 Å². The number of anilines is 1. The smallest absolute Gasteiger partial charge is 0.417 e. The van der Waals surface area contributed by atoms with Gasteiger partial charge in [0.05, 0.1) is 12.1 Å². The molecule has 1 amide bonds. The summed E-state index contributed by atoms with van der Waals surface area (Å²) >= 11 is 0.883. The summed E-state index contributed by atoms with van der Waals surface area (Å²) in [6.07, 6.45) is -4.95. The van der Waals surface area contributed by atoms with E-state index in [1.54, 1.807) is 0 Å². The van der Waals surface area contributed by atoms with Gasteiger partial charge in [0.2, 0.25) is 0 Å². The zero-order chi connectivity index (χ0) is 11.1. The van der Waals surface area contributed by atoms with Crippen LogP contribution < -0.4 is 4.90 Å². The summed E-state index contributed by atoms with van der Waals surface area (Å²) in [4.78, 5) is 12.3. The van der Waals surface area contributed by atoms with Crippen molar-refractivity contribution in [1.29, 1.82) is 0 Å². The quantitative estimate of drug-likeness (QED) is 0.751. The maximum atomic E-state index is 12.3. The van der Waals surface area contributed by atoms with Gasteiger partial charge in [0.15, 0.2) is 0 Å². The molecule has 7 heteroatoms. The number of rotatable bonds is 1. The van der Waals surface area contributed by atoms with E-state index in [1.807, 2.05) is 0 Å². The van der Waals surface area contributed by atoms with Gasteiger partial charge in [-0.3, -0.25) is 4.90 Å². The minimum absolute atomic E-state index is 0.220. The van der Waals surface area contributed by atoms with E-state index in [0.717, 1.165) is 22.8 Å². The van der Waals surface area contributed by atoms with Crippen molar-refractivity contribution in [2.24, 2.45) is 0 Å². The van der Waals surface area contributed by atoms with Gasteiger partial charge in [-0.05, 0) is 6.07 Å². The van der Waals surface area contributed by atoms with Crippen molar-refractivity contribution in [3.63, 3.8) is 0 Å². The highest BCUT2D eigenvalue weighted by atomic mass is 32.1. The van der Waals surface area contributed by atoms with E-state index in [2.05, 4.69) is 4.74 Å². The minimum Gasteiger partial charge on any atom is -0.447 e. The van der Waals surface area contributed by atoms with Gasteiger partial charge in [-0.1, -0.05) is 0 Å². The van der Waals surface area contributed by atoms with Crippen molar-refractivity contribution >= 4 is 22.4 Å². The lowest BCUT2D eigenvalue weighted by Crippen LogP contribution is -2.22. The Morgan fingerprint density at radius 1 is 1.47 bits per heavy atom. The Kier molecular flexibility index (Phi) is 2.34. The average molecular weight is 237 g/mol. The number of carbonyl (C=O) groups is 1. The van der Waals surface area contributed by atoms with Crippen LogP contribution in [0.15, 0.2) is 11.4 Å². The molecule has 1 aliphatic rings. The molecule has 2 heterocycles. The minimum atomic E-state index is -4.36. The predicted molar refractivity (Wildman–Crippen MR) is 48.0 cm³/mol. The maximum absolute atomic E-state index is 12.3. The van der Waals surface area contributed by atoms with E-state index in [0.29, 0.717) is 6.54 Å². The molecule has 0 aliphatic carbocycles. The highest BCUT2D eigenvalue weighted by molar-refractivity contribution is 7.14. The van der Waals surface area contributed by atoms with Crippen molar-refractivity contribution in [1.82, 2.24) is 0 Å². The predicted octanol–water partition coefficient (Wildman–Crippen LogP) is 2.72. The topological polar surface area (TPSA) is 29.5 Å². The number of alkyl halides is 3. The second-order valence-corrected chi connectivity index (χ2v) is 3.83. The molecular formula is C8H6F3NO2S. The van der Waals surface area contributed by atoms with Crippen molar-refractivity contribution in [2.75, 3.05) is 18.1 Å². The number of amides is 1. The van der Waals surface area contributed by atoms with Crippen LogP contribution >= 0.6 is 11.3 Å². The standard InChI is InChI=1S/C8H6F3NO2S/c9-8(10,11)5-3-6(15-4-5)12-1-2-14-7(12)13/h3-4H,1-2H2. The monoisotopic (exact) mass is 237 g/mol. The zero-order valence-corrected chi connectivity index (χ0v) is 8.19. The molecule has 0 N–H and O–H groups in total. The van der Waals surface area contributed by atoms with Gasteiger partial charge >= 0.3 is 12.3 Å². The molecule has 1 aromatic rings. The lowest BCUT2D eigenvalue weighted by molar-refractivity contribution is -0.137. The Labute approximate surface area is 87.1 Å². The molecule has 15 heavy (non-hydrogen) atoms. The molecule has 1 fully saturated rings. The van der Waals surface area contributed by atoms with Gasteiger partial charge in [-0.15, -0.1) is 11.3 Å². The molecule has 1 saturated heterocycles. The molecule has 82 valence electrons. The number of hydrogen-bond acceptors (Lipinski definition) is 3. The summed E-state index contributed by atoms with van der Waals surface area (Å²) in [5, 5.41) is 1.26. The molecule has 0 atom stereocenters. The first kappa shape index (κ1) is 10.3. The van der Waals surface area contributed by atoms with Gasteiger partial charge < -0.3 is 4.74 Å². The Morgan fingerprint density at radius 2 is 2.20 bits per heavy atom. The molecular weight excluding hydrogens is 231 g/mol. The molecule has 1 aromatic heterocycles. The van der Waals surface area contributed by atoms with E-state index < -0.39 is 17.8 Å². The first-order valence-corrected chi connectivity index (χ1v) is 4.96. The first-order valence-electron chi connectivity index (χ1n) is 4.08. The highest BCUT2D eigenvalue weighted by Crippen LogP contribution is 2.36. The molecule has 2 rings (SSSR count). The zero-order valence-electron chi connectivity index (χ0n) is 7.37. The van der Waals surface area contributed by atoms with E-state index >= 15 is 0 Å². The van der Waals surface area contributed by atoms with Crippen LogP contribution in [0.3, 0.4) is 0 Å². The number of hydrogen-bond donors (Lipinski definition) is 0. The Morgan fingerprint density at radius 3 is 2.67 bits per heavy atom. The fourth-order valence-corrected chi connectivity index (χ4v) is 2.15. The number of ether oxygens (including phenoxy) is 1. The van der Waals surface area contributed by atoms with Crippen LogP contribution in [-0.4, -0.2) is 19.2 Å². The maximum Gasteiger partial charge on any atom is 0.417 e. The van der Waals surface area contributed by atoms with E-state index in [9.17, 15) is 18.0 Å². The van der Waals surface area contributed by atoms with Crippen LogP contribution in [0.25, 0.3) is 0 Å². The number of nitrogens with zero attached hydrogens (tertiary/aromatic N) is 1. The first-order chi connectivity index (χ1) is 6.98. The lowest BCUT2D eigenvalue weighted by Gasteiger charge is -2.08. The number of carbonyl (C=O) groups excluding carboxylic acids is 1. The highest BCUT2D eigenvalue weighted by Gasteiger charge is 2.34. The molecule has 0 aromatic carbocycles. The van der Waals surface area contributed by atoms with Gasteiger partial charge in [0, 0.05) is 5.38 Å². The summed E-state index contributed by atoms with van der Waals surface area (Å²) in [6, 6.07) is 0.956. The third-order valence-corrected chi connectivity index (χ3v) is 2.89. The van der Waals surface area contributed by atoms with Crippen LogP contribution in [0.2, 0.25) is 0 Å². The molecule has 0 bridgehead atoms. The van der Waals surface area contributed by atoms with Gasteiger partial charge in [0.1, 0.15) is 11.6 Å². The summed E-state index contributed by atoms with van der Waals surface area (Å²) in [5.74, 6) is 0. The molecule has 3 nitrogen and oxygen atoms in total. The van der Waals surface area contributed by atoms with Gasteiger partial charge in [0.25, 0.3) is 0 Å². The van der Waals surface area contributed by atoms with Crippen molar-refractivity contribution in [3.8, 4) is 0 Å². The van der Waals surface area contributed by atoms with E-state index in [-0.39, 0.29) is 11.6 Å². The Bertz CT molecular complexity index is 387. The largest absolute Gasteiger partial charge is 0.447 e. The SMILES string of the molecule is O=C1OCCN1c1cc(C(F)(F)F)cs1. The van der Waals surface area contributed by atoms with Crippen molar-refractivity contribution in [3.05, 3.63) is 17.0 Å².